The molecule has 2 aromatic carbocycles. The largest absolute Gasteiger partial charge is 0.453 e. The van der Waals surface area contributed by atoms with Crippen LogP contribution in [0.1, 0.15) is 89.2 Å². The van der Waals surface area contributed by atoms with Gasteiger partial charge in [-0.3, -0.25) is 9.59 Å². The van der Waals surface area contributed by atoms with Crippen molar-refractivity contribution in [3.05, 3.63) is 59.2 Å². The number of carbonyl (C=O) groups is 4. The molecule has 2 fully saturated rings. The van der Waals surface area contributed by atoms with Crippen molar-refractivity contribution >= 4 is 46.1 Å². The van der Waals surface area contributed by atoms with E-state index in [4.69, 9.17) is 19.4 Å². The van der Waals surface area contributed by atoms with Gasteiger partial charge in [-0.05, 0) is 84.8 Å². The van der Waals surface area contributed by atoms with Crippen LogP contribution in [0, 0.1) is 47.4 Å². The van der Waals surface area contributed by atoms with Crippen molar-refractivity contribution in [2.75, 3.05) is 27.3 Å². The van der Waals surface area contributed by atoms with E-state index in [0.717, 1.165) is 46.0 Å². The molecular weight excluding hydrogens is 713 g/mol. The van der Waals surface area contributed by atoms with Gasteiger partial charge in [0.2, 0.25) is 11.8 Å². The fraction of sp³-hybridized carbons (Fsp3) is 0.476. The molecule has 2 aliphatic rings. The summed E-state index contributed by atoms with van der Waals surface area (Å²) in [5.74, 6) is 13.5. The number of alkyl carbamates (subject to hydrolysis) is 2. The summed E-state index contributed by atoms with van der Waals surface area (Å²) in [5.41, 5.74) is 4.63. The number of benzene rings is 2. The summed E-state index contributed by atoms with van der Waals surface area (Å²) in [6.45, 7) is 12.9. The molecule has 0 radical (unpaired) electrons. The van der Waals surface area contributed by atoms with Crippen molar-refractivity contribution in [2.45, 2.75) is 78.6 Å². The monoisotopic (exact) mass is 762 g/mol. The van der Waals surface area contributed by atoms with Gasteiger partial charge in [0.25, 0.3) is 0 Å². The minimum Gasteiger partial charge on any atom is -0.453 e. The second-order valence-corrected chi connectivity index (χ2v) is 15.6. The molecule has 14 heteroatoms. The zero-order valence-electron chi connectivity index (χ0n) is 33.1. The average Bonchev–Trinajstić information content (AvgIpc) is 3.97. The summed E-state index contributed by atoms with van der Waals surface area (Å²) in [7, 11) is 2.57. The van der Waals surface area contributed by atoms with Crippen molar-refractivity contribution in [1.29, 1.82) is 0 Å². The summed E-state index contributed by atoms with van der Waals surface area (Å²) in [4.78, 5) is 71.5. The number of amides is 4. The number of carbonyl (C=O) groups excluding carboxylic acids is 4. The molecule has 4 N–H and O–H groups in total. The van der Waals surface area contributed by atoms with E-state index >= 15 is 0 Å². The Bertz CT molecular complexity index is 2100. The van der Waals surface area contributed by atoms with Gasteiger partial charge < -0.3 is 39.9 Å². The maximum Gasteiger partial charge on any atom is 0.407 e. The Labute approximate surface area is 326 Å². The Kier molecular flexibility index (Phi) is 11.9. The molecule has 0 aliphatic carbocycles. The van der Waals surface area contributed by atoms with Crippen molar-refractivity contribution in [3.63, 3.8) is 0 Å². The fourth-order valence-electron chi connectivity index (χ4n) is 7.58. The van der Waals surface area contributed by atoms with E-state index < -0.39 is 24.3 Å². The SMILES string of the molecule is COC(=O)N[C@H](C(=O)N1C[C@@H](C)C[C@H]1c1nc2cc(C#CC#Cc3ccc4[nH]c([C@@H]5C[C@H](C)CN5C(=O)[C@@H](NC(=O)OC)C(C)C)nc4c3)ccc2[nH]1)C(C)C. The van der Waals surface area contributed by atoms with E-state index in [1.807, 2.05) is 64.1 Å². The highest BCUT2D eigenvalue weighted by molar-refractivity contribution is 5.87. The van der Waals surface area contributed by atoms with Crippen molar-refractivity contribution in [3.8, 4) is 23.7 Å². The number of imidazole rings is 2. The maximum absolute atomic E-state index is 13.7. The number of nitrogens with zero attached hydrogens (tertiary/aromatic N) is 4. The first-order valence-electron chi connectivity index (χ1n) is 19.1. The third-order valence-electron chi connectivity index (χ3n) is 10.5. The minimum absolute atomic E-state index is 0.127. The molecule has 56 heavy (non-hydrogen) atoms. The summed E-state index contributed by atoms with van der Waals surface area (Å²) >= 11 is 0. The van der Waals surface area contributed by atoms with Crippen molar-refractivity contribution in [1.82, 2.24) is 40.4 Å². The molecule has 2 aliphatic heterocycles. The summed E-state index contributed by atoms with van der Waals surface area (Å²) in [6, 6.07) is 9.49. The highest BCUT2D eigenvalue weighted by Crippen LogP contribution is 2.37. The van der Waals surface area contributed by atoms with Gasteiger partial charge in [0.15, 0.2) is 0 Å². The summed E-state index contributed by atoms with van der Waals surface area (Å²) in [6.07, 6.45) is 0.214. The van der Waals surface area contributed by atoms with Gasteiger partial charge in [0.05, 0.1) is 48.4 Å². The molecule has 0 bridgehead atoms. The molecule has 4 heterocycles. The molecule has 0 saturated carbocycles. The predicted octanol–water partition coefficient (Wildman–Crippen LogP) is 5.42. The van der Waals surface area contributed by atoms with Crippen LogP contribution in [-0.4, -0.2) is 93.1 Å². The van der Waals surface area contributed by atoms with Crippen LogP contribution in [0.2, 0.25) is 0 Å². The van der Waals surface area contributed by atoms with Crippen molar-refractivity contribution < 1.29 is 28.7 Å². The van der Waals surface area contributed by atoms with Gasteiger partial charge in [0, 0.05) is 24.2 Å². The van der Waals surface area contributed by atoms with Gasteiger partial charge in [-0.25, -0.2) is 19.6 Å². The van der Waals surface area contributed by atoms with E-state index in [1.54, 1.807) is 9.80 Å². The number of H-pyrrole nitrogens is 2. The van der Waals surface area contributed by atoms with Gasteiger partial charge in [-0.15, -0.1) is 0 Å². The van der Waals surface area contributed by atoms with E-state index in [1.165, 1.54) is 14.2 Å². The zero-order valence-corrected chi connectivity index (χ0v) is 33.1. The van der Waals surface area contributed by atoms with E-state index in [2.05, 4.69) is 58.1 Å². The number of fused-ring (bicyclic) bond motifs is 2. The molecule has 6 rings (SSSR count). The lowest BCUT2D eigenvalue weighted by atomic mass is 10.0. The first-order chi connectivity index (χ1) is 26.8. The van der Waals surface area contributed by atoms with Crippen LogP contribution in [0.5, 0.6) is 0 Å². The lowest BCUT2D eigenvalue weighted by Gasteiger charge is -2.30. The predicted molar refractivity (Wildman–Crippen MR) is 211 cm³/mol. The Balaban J connectivity index is 1.16. The minimum atomic E-state index is -0.716. The molecule has 294 valence electrons. The first kappa shape index (κ1) is 39.7. The lowest BCUT2D eigenvalue weighted by Crippen LogP contribution is -2.51. The lowest BCUT2D eigenvalue weighted by molar-refractivity contribution is -0.136. The maximum atomic E-state index is 13.7. The molecule has 2 aromatic heterocycles. The van der Waals surface area contributed by atoms with Crippen LogP contribution in [0.3, 0.4) is 0 Å². The van der Waals surface area contributed by atoms with E-state index in [9.17, 15) is 19.2 Å². The van der Waals surface area contributed by atoms with Gasteiger partial charge in [-0.2, -0.15) is 0 Å². The number of aromatic amines is 2. The number of aromatic nitrogens is 4. The molecular formula is C42H50N8O6. The highest BCUT2D eigenvalue weighted by atomic mass is 16.5. The summed E-state index contributed by atoms with van der Waals surface area (Å²) < 4.78 is 9.53. The molecule has 0 spiro atoms. The molecule has 4 amide bonds. The van der Waals surface area contributed by atoms with Gasteiger partial charge in [-0.1, -0.05) is 53.4 Å². The normalized spacial score (nSPS) is 20.3. The summed E-state index contributed by atoms with van der Waals surface area (Å²) in [5, 5.41) is 5.39. The van der Waals surface area contributed by atoms with E-state index in [0.29, 0.717) is 24.7 Å². The molecule has 4 aromatic rings. The number of hydrogen-bond acceptors (Lipinski definition) is 8. The fourth-order valence-corrected chi connectivity index (χ4v) is 7.58. The number of likely N-dealkylation sites (tertiary alicyclic amines) is 2. The number of rotatable bonds is 8. The third-order valence-corrected chi connectivity index (χ3v) is 10.5. The first-order valence-corrected chi connectivity index (χ1v) is 19.1. The van der Waals surface area contributed by atoms with Crippen LogP contribution in [0.25, 0.3) is 22.1 Å². The molecule has 0 unspecified atom stereocenters. The van der Waals surface area contributed by atoms with Crippen LogP contribution >= 0.6 is 0 Å². The standard InChI is InChI=1S/C42H50N8O6/c1-23(2)35(47-41(53)55-7)39(51)49-21-25(5)17-33(49)37-43-29-15-13-27(19-31(29)45-37)11-9-10-12-28-14-16-30-32(20-28)46-38(44-30)34-18-26(6)22-50(34)40(52)36(24(3)4)48-42(54)56-8/h13-16,19-20,23-26,33-36H,17-18,21-22H2,1-8H3,(H,43,45)(H,44,46)(H,47,53)(H,48,54)/t25-,26-,33-,34-,35-,36-/m0/s1. The van der Waals surface area contributed by atoms with Crippen molar-refractivity contribution in [2.24, 2.45) is 23.7 Å². The molecule has 6 atom stereocenters. The highest BCUT2D eigenvalue weighted by Gasteiger charge is 2.41. The third kappa shape index (κ3) is 8.60. The number of nitrogens with one attached hydrogen (secondary N) is 4. The topological polar surface area (TPSA) is 175 Å². The molecule has 2 saturated heterocycles. The second kappa shape index (κ2) is 16.8. The Morgan fingerprint density at radius 2 is 1.09 bits per heavy atom. The quantitative estimate of drug-likeness (QED) is 0.172. The van der Waals surface area contributed by atoms with Crippen LogP contribution in [0.15, 0.2) is 36.4 Å². The molecule has 14 nitrogen and oxygen atoms in total. The zero-order chi connectivity index (χ0) is 40.3. The van der Waals surface area contributed by atoms with Crippen LogP contribution < -0.4 is 10.6 Å². The number of hydrogen-bond donors (Lipinski definition) is 4. The van der Waals surface area contributed by atoms with Gasteiger partial charge in [0.1, 0.15) is 23.7 Å². The smallest absolute Gasteiger partial charge is 0.407 e. The Morgan fingerprint density at radius 1 is 0.696 bits per heavy atom. The van der Waals surface area contributed by atoms with Crippen LogP contribution in [-0.2, 0) is 19.1 Å². The second-order valence-electron chi connectivity index (χ2n) is 15.6. The Morgan fingerprint density at radius 3 is 1.45 bits per heavy atom. The average molecular weight is 763 g/mol. The van der Waals surface area contributed by atoms with Crippen LogP contribution in [0.4, 0.5) is 9.59 Å². The number of methoxy groups -OCH3 is 2. The van der Waals surface area contributed by atoms with Gasteiger partial charge >= 0.3 is 12.2 Å². The van der Waals surface area contributed by atoms with E-state index in [-0.39, 0.29) is 47.6 Å². The Hall–Kier alpha value is -6.02. The number of ether oxygens (including phenoxy) is 2.